The summed E-state index contributed by atoms with van der Waals surface area (Å²) in [6, 6.07) is 15.8. The Morgan fingerprint density at radius 3 is 2.64 bits per heavy atom. The topological polar surface area (TPSA) is 85.2 Å². The molecule has 0 bridgehead atoms. The molecule has 1 saturated heterocycles. The van der Waals surface area contributed by atoms with Crippen LogP contribution in [0.5, 0.6) is 0 Å². The van der Waals surface area contributed by atoms with E-state index in [4.69, 9.17) is 0 Å². The van der Waals surface area contributed by atoms with Crippen LogP contribution in [-0.4, -0.2) is 46.6 Å². The summed E-state index contributed by atoms with van der Waals surface area (Å²) in [5.74, 6) is -0.160. The third kappa shape index (κ3) is 3.48. The maximum Gasteiger partial charge on any atom is 0.243 e. The lowest BCUT2D eigenvalue weighted by Crippen LogP contribution is -2.29. The van der Waals surface area contributed by atoms with Gasteiger partial charge in [0.2, 0.25) is 10.0 Å². The van der Waals surface area contributed by atoms with E-state index in [9.17, 15) is 13.2 Å². The van der Waals surface area contributed by atoms with Gasteiger partial charge in [0.1, 0.15) is 5.69 Å². The minimum atomic E-state index is -3.66. The van der Waals surface area contributed by atoms with Crippen LogP contribution in [0.3, 0.4) is 0 Å². The molecule has 2 heterocycles. The first-order valence-electron chi connectivity index (χ1n) is 9.03. The number of benzene rings is 2. The van der Waals surface area contributed by atoms with Gasteiger partial charge in [0, 0.05) is 24.2 Å². The Kier molecular flexibility index (Phi) is 4.82. The molecule has 0 N–H and O–H groups in total. The molecule has 0 unspecified atom stereocenters. The predicted molar refractivity (Wildman–Crippen MR) is 104 cm³/mol. The van der Waals surface area contributed by atoms with Gasteiger partial charge < -0.3 is 0 Å². The van der Waals surface area contributed by atoms with E-state index in [0.29, 0.717) is 25.1 Å². The van der Waals surface area contributed by atoms with Crippen LogP contribution >= 0.6 is 0 Å². The molecule has 1 aliphatic heterocycles. The van der Waals surface area contributed by atoms with Gasteiger partial charge in [0.15, 0.2) is 5.78 Å². The SMILES string of the molecule is CC(=O)c1cccc(S(=O)(=O)N2CC[C@H](n3cc(-c4ccccc4)nn3)C2)c1. The predicted octanol–water partition coefficient (Wildman–Crippen LogP) is 2.78. The van der Waals surface area contributed by atoms with E-state index in [1.807, 2.05) is 36.5 Å². The number of hydrogen-bond acceptors (Lipinski definition) is 5. The lowest BCUT2D eigenvalue weighted by Gasteiger charge is -2.17. The molecule has 1 aromatic heterocycles. The van der Waals surface area contributed by atoms with E-state index in [-0.39, 0.29) is 16.7 Å². The maximum absolute atomic E-state index is 13.0. The first-order valence-corrected chi connectivity index (χ1v) is 10.5. The van der Waals surface area contributed by atoms with Gasteiger partial charge in [-0.05, 0) is 25.5 Å². The summed E-state index contributed by atoms with van der Waals surface area (Å²) in [5, 5.41) is 8.42. The summed E-state index contributed by atoms with van der Waals surface area (Å²) in [6.07, 6.45) is 2.51. The first-order chi connectivity index (χ1) is 13.4. The Bertz CT molecular complexity index is 1110. The van der Waals surface area contributed by atoms with Crippen molar-refractivity contribution in [1.29, 1.82) is 0 Å². The Morgan fingerprint density at radius 2 is 1.89 bits per heavy atom. The second kappa shape index (κ2) is 7.29. The van der Waals surface area contributed by atoms with Crippen molar-refractivity contribution in [2.75, 3.05) is 13.1 Å². The van der Waals surface area contributed by atoms with Gasteiger partial charge in [-0.3, -0.25) is 4.79 Å². The molecule has 28 heavy (non-hydrogen) atoms. The van der Waals surface area contributed by atoms with Crippen LogP contribution < -0.4 is 0 Å². The minimum absolute atomic E-state index is 0.0734. The fourth-order valence-electron chi connectivity index (χ4n) is 3.37. The molecule has 0 spiro atoms. The molecule has 1 atom stereocenters. The van der Waals surface area contributed by atoms with Crippen molar-refractivity contribution >= 4 is 15.8 Å². The quantitative estimate of drug-likeness (QED) is 0.619. The third-order valence-electron chi connectivity index (χ3n) is 4.96. The zero-order chi connectivity index (χ0) is 19.7. The summed E-state index contributed by atoms with van der Waals surface area (Å²) >= 11 is 0. The van der Waals surface area contributed by atoms with Crippen LogP contribution in [0.25, 0.3) is 11.3 Å². The molecule has 8 heteroatoms. The molecule has 1 fully saturated rings. The number of rotatable bonds is 5. The van der Waals surface area contributed by atoms with Crippen LogP contribution in [0.2, 0.25) is 0 Å². The van der Waals surface area contributed by atoms with Gasteiger partial charge >= 0.3 is 0 Å². The van der Waals surface area contributed by atoms with Crippen molar-refractivity contribution in [2.45, 2.75) is 24.3 Å². The highest BCUT2D eigenvalue weighted by atomic mass is 32.2. The number of nitrogens with zero attached hydrogens (tertiary/aromatic N) is 4. The molecule has 0 radical (unpaired) electrons. The molecule has 0 saturated carbocycles. The number of carbonyl (C=O) groups excluding carboxylic acids is 1. The van der Waals surface area contributed by atoms with Gasteiger partial charge in [-0.1, -0.05) is 47.7 Å². The van der Waals surface area contributed by atoms with E-state index < -0.39 is 10.0 Å². The fraction of sp³-hybridized carbons (Fsp3) is 0.250. The molecule has 2 aromatic carbocycles. The van der Waals surface area contributed by atoms with Crippen molar-refractivity contribution < 1.29 is 13.2 Å². The van der Waals surface area contributed by atoms with Crippen molar-refractivity contribution in [1.82, 2.24) is 19.3 Å². The third-order valence-corrected chi connectivity index (χ3v) is 6.82. The van der Waals surface area contributed by atoms with Gasteiger partial charge in [-0.2, -0.15) is 4.31 Å². The Balaban J connectivity index is 1.53. The zero-order valence-corrected chi connectivity index (χ0v) is 16.2. The summed E-state index contributed by atoms with van der Waals surface area (Å²) in [5.41, 5.74) is 2.12. The highest BCUT2D eigenvalue weighted by Gasteiger charge is 2.34. The van der Waals surface area contributed by atoms with E-state index in [0.717, 1.165) is 11.3 Å². The highest BCUT2D eigenvalue weighted by Crippen LogP contribution is 2.28. The molecule has 0 amide bonds. The number of Topliss-reactive ketones (excluding diaryl/α,β-unsaturated/α-hetero) is 1. The molecular formula is C20H20N4O3S. The van der Waals surface area contributed by atoms with Gasteiger partial charge in [-0.25, -0.2) is 13.1 Å². The van der Waals surface area contributed by atoms with Crippen LogP contribution in [0, 0.1) is 0 Å². The second-order valence-electron chi connectivity index (χ2n) is 6.84. The minimum Gasteiger partial charge on any atom is -0.295 e. The van der Waals surface area contributed by atoms with Crippen LogP contribution in [0.1, 0.15) is 29.7 Å². The van der Waals surface area contributed by atoms with Crippen molar-refractivity contribution in [3.8, 4) is 11.3 Å². The monoisotopic (exact) mass is 396 g/mol. The largest absolute Gasteiger partial charge is 0.295 e. The van der Waals surface area contributed by atoms with Crippen LogP contribution in [0.4, 0.5) is 0 Å². The second-order valence-corrected chi connectivity index (χ2v) is 8.78. The molecule has 0 aliphatic carbocycles. The van der Waals surface area contributed by atoms with Gasteiger partial charge in [-0.15, -0.1) is 5.10 Å². The van der Waals surface area contributed by atoms with Gasteiger partial charge in [0.05, 0.1) is 17.1 Å². The van der Waals surface area contributed by atoms with E-state index >= 15 is 0 Å². The lowest BCUT2D eigenvalue weighted by atomic mass is 10.2. The molecule has 144 valence electrons. The number of carbonyl (C=O) groups is 1. The van der Waals surface area contributed by atoms with E-state index in [2.05, 4.69) is 10.3 Å². The smallest absolute Gasteiger partial charge is 0.243 e. The molecule has 1 aliphatic rings. The molecule has 4 rings (SSSR count). The summed E-state index contributed by atoms with van der Waals surface area (Å²) in [6.45, 7) is 2.15. The summed E-state index contributed by atoms with van der Waals surface area (Å²) in [7, 11) is -3.66. The van der Waals surface area contributed by atoms with Crippen LogP contribution in [-0.2, 0) is 10.0 Å². The molecular weight excluding hydrogens is 376 g/mol. The maximum atomic E-state index is 13.0. The lowest BCUT2D eigenvalue weighted by molar-refractivity contribution is 0.101. The van der Waals surface area contributed by atoms with E-state index in [1.165, 1.54) is 23.4 Å². The van der Waals surface area contributed by atoms with Crippen molar-refractivity contribution in [3.05, 3.63) is 66.4 Å². The standard InChI is InChI=1S/C20H20N4O3S/c1-15(25)17-8-5-9-19(12-17)28(26,27)23-11-10-18(13-23)24-14-20(21-22-24)16-6-3-2-4-7-16/h2-9,12,14,18H,10-11,13H2,1H3/t18-/m0/s1. The fourth-order valence-corrected chi connectivity index (χ4v) is 4.90. The number of sulfonamides is 1. The van der Waals surface area contributed by atoms with E-state index in [1.54, 1.807) is 16.8 Å². The summed E-state index contributed by atoms with van der Waals surface area (Å²) < 4.78 is 29.1. The Labute approximate surface area is 163 Å². The Hall–Kier alpha value is -2.84. The van der Waals surface area contributed by atoms with Crippen molar-refractivity contribution in [3.63, 3.8) is 0 Å². The summed E-state index contributed by atoms with van der Waals surface area (Å²) in [4.78, 5) is 11.7. The van der Waals surface area contributed by atoms with Crippen LogP contribution in [0.15, 0.2) is 65.7 Å². The number of aromatic nitrogens is 3. The highest BCUT2D eigenvalue weighted by molar-refractivity contribution is 7.89. The average Bonchev–Trinajstić information content (AvgIpc) is 3.38. The molecule has 7 nitrogen and oxygen atoms in total. The molecule has 3 aromatic rings. The average molecular weight is 396 g/mol. The van der Waals surface area contributed by atoms with Gasteiger partial charge in [0.25, 0.3) is 0 Å². The number of hydrogen-bond donors (Lipinski definition) is 0. The number of ketones is 1. The van der Waals surface area contributed by atoms with Crippen molar-refractivity contribution in [2.24, 2.45) is 0 Å². The normalized spacial score (nSPS) is 17.7. The first kappa shape index (κ1) is 18.5. The Morgan fingerprint density at radius 1 is 1.11 bits per heavy atom. The zero-order valence-electron chi connectivity index (χ0n) is 15.4.